The average Bonchev–Trinajstić information content (AvgIpc) is 2.97. The second-order valence-electron chi connectivity index (χ2n) is 5.52. The van der Waals surface area contributed by atoms with Crippen molar-refractivity contribution in [3.8, 4) is 5.69 Å². The fourth-order valence-corrected chi connectivity index (χ4v) is 2.60. The Hall–Kier alpha value is -2.28. The first-order valence-electron chi connectivity index (χ1n) is 7.69. The molecule has 0 spiro atoms. The molecule has 1 aliphatic heterocycles. The van der Waals surface area contributed by atoms with E-state index in [4.69, 9.17) is 4.74 Å². The molecule has 1 fully saturated rings. The largest absolute Gasteiger partial charge is 0.375 e. The van der Waals surface area contributed by atoms with Gasteiger partial charge in [0.2, 0.25) is 5.82 Å². The average molecular weight is 318 g/mol. The molecule has 1 aromatic heterocycles. The Labute approximate surface area is 133 Å². The normalized spacial score (nSPS) is 18.2. The number of aromatic nitrogens is 3. The van der Waals surface area contributed by atoms with Gasteiger partial charge in [-0.05, 0) is 37.6 Å². The first kappa shape index (κ1) is 15.6. The van der Waals surface area contributed by atoms with Crippen molar-refractivity contribution in [2.75, 3.05) is 19.7 Å². The smallest absolute Gasteiger partial charge is 0.293 e. The highest BCUT2D eigenvalue weighted by atomic mass is 19.1. The van der Waals surface area contributed by atoms with E-state index in [1.165, 1.54) is 12.1 Å². The molecular formula is C16H19FN4O2. The van der Waals surface area contributed by atoms with Gasteiger partial charge in [0.1, 0.15) is 11.6 Å². The SMILES string of the molecule is CC[C@H]1CN(C(=O)c2nc(C)n(-c3ccc(F)cc3)n2)CCO1. The van der Waals surface area contributed by atoms with Crippen LogP contribution >= 0.6 is 0 Å². The Morgan fingerprint density at radius 2 is 2.13 bits per heavy atom. The van der Waals surface area contributed by atoms with Crippen LogP contribution in [-0.4, -0.2) is 51.4 Å². The highest BCUT2D eigenvalue weighted by molar-refractivity contribution is 5.90. The van der Waals surface area contributed by atoms with Gasteiger partial charge in [-0.1, -0.05) is 6.92 Å². The molecule has 1 aliphatic rings. The number of hydrogen-bond acceptors (Lipinski definition) is 4. The summed E-state index contributed by atoms with van der Waals surface area (Å²) in [7, 11) is 0. The van der Waals surface area contributed by atoms with Crippen molar-refractivity contribution >= 4 is 5.91 Å². The van der Waals surface area contributed by atoms with E-state index in [2.05, 4.69) is 10.1 Å². The maximum Gasteiger partial charge on any atom is 0.293 e. The molecule has 0 bridgehead atoms. The lowest BCUT2D eigenvalue weighted by Gasteiger charge is -2.31. The standard InChI is InChI=1S/C16H19FN4O2/c1-3-14-10-20(8-9-23-14)16(22)15-18-11(2)21(19-15)13-6-4-12(17)5-7-13/h4-7,14H,3,8-10H2,1-2H3/t14-/m0/s1. The van der Waals surface area contributed by atoms with Gasteiger partial charge in [-0.25, -0.2) is 14.1 Å². The van der Waals surface area contributed by atoms with Gasteiger partial charge in [0, 0.05) is 13.1 Å². The fraction of sp³-hybridized carbons (Fsp3) is 0.438. The lowest BCUT2D eigenvalue weighted by Crippen LogP contribution is -2.45. The van der Waals surface area contributed by atoms with Gasteiger partial charge in [0.05, 0.1) is 18.4 Å². The van der Waals surface area contributed by atoms with Crippen LogP contribution in [0.25, 0.3) is 5.69 Å². The minimum Gasteiger partial charge on any atom is -0.375 e. The predicted octanol–water partition coefficient (Wildman–Crippen LogP) is 1.97. The number of ether oxygens (including phenoxy) is 1. The summed E-state index contributed by atoms with van der Waals surface area (Å²) >= 11 is 0. The van der Waals surface area contributed by atoms with Gasteiger partial charge in [0.25, 0.3) is 5.91 Å². The zero-order valence-corrected chi connectivity index (χ0v) is 13.2. The van der Waals surface area contributed by atoms with Crippen LogP contribution in [0, 0.1) is 12.7 Å². The van der Waals surface area contributed by atoms with Crippen LogP contribution in [0.2, 0.25) is 0 Å². The van der Waals surface area contributed by atoms with Gasteiger partial charge in [0.15, 0.2) is 0 Å². The first-order chi connectivity index (χ1) is 11.1. The number of hydrogen-bond donors (Lipinski definition) is 0. The number of rotatable bonds is 3. The molecule has 1 saturated heterocycles. The number of nitrogens with zero attached hydrogens (tertiary/aromatic N) is 4. The molecule has 0 unspecified atom stereocenters. The number of amides is 1. The summed E-state index contributed by atoms with van der Waals surface area (Å²) in [6.07, 6.45) is 0.924. The molecular weight excluding hydrogens is 299 g/mol. The number of aryl methyl sites for hydroxylation is 1. The molecule has 23 heavy (non-hydrogen) atoms. The van der Waals surface area contributed by atoms with Gasteiger partial charge in [-0.15, -0.1) is 5.10 Å². The van der Waals surface area contributed by atoms with Gasteiger partial charge in [-0.2, -0.15) is 0 Å². The first-order valence-corrected chi connectivity index (χ1v) is 7.69. The van der Waals surface area contributed by atoms with Gasteiger partial charge < -0.3 is 9.64 Å². The molecule has 0 aliphatic carbocycles. The van der Waals surface area contributed by atoms with Crippen LogP contribution in [0.3, 0.4) is 0 Å². The summed E-state index contributed by atoms with van der Waals surface area (Å²) < 4.78 is 20.2. The van der Waals surface area contributed by atoms with Crippen molar-refractivity contribution in [1.29, 1.82) is 0 Å². The molecule has 1 atom stereocenters. The Morgan fingerprint density at radius 3 is 2.83 bits per heavy atom. The van der Waals surface area contributed by atoms with Crippen LogP contribution in [0.1, 0.15) is 29.8 Å². The highest BCUT2D eigenvalue weighted by Crippen LogP contribution is 2.14. The molecule has 1 aromatic carbocycles. The molecule has 0 N–H and O–H groups in total. The summed E-state index contributed by atoms with van der Waals surface area (Å²) in [5.74, 6) is 0.223. The molecule has 1 amide bonds. The van der Waals surface area contributed by atoms with Crippen LogP contribution in [-0.2, 0) is 4.74 Å². The molecule has 2 heterocycles. The number of benzene rings is 1. The molecule has 6 nitrogen and oxygen atoms in total. The topological polar surface area (TPSA) is 60.2 Å². The molecule has 2 aromatic rings. The Bertz CT molecular complexity index is 699. The Balaban J connectivity index is 1.82. The maximum absolute atomic E-state index is 13.0. The summed E-state index contributed by atoms with van der Waals surface area (Å²) in [5, 5.41) is 4.29. The Kier molecular flexibility index (Phi) is 4.38. The number of morpholine rings is 1. The minimum absolute atomic E-state index is 0.0629. The second kappa shape index (κ2) is 6.45. The van der Waals surface area contributed by atoms with Crippen LogP contribution in [0.15, 0.2) is 24.3 Å². The van der Waals surface area contributed by atoms with E-state index in [9.17, 15) is 9.18 Å². The van der Waals surface area contributed by atoms with Gasteiger partial charge >= 0.3 is 0 Å². The third-order valence-electron chi connectivity index (χ3n) is 3.91. The summed E-state index contributed by atoms with van der Waals surface area (Å²) in [5.41, 5.74) is 0.670. The molecule has 0 saturated carbocycles. The van der Waals surface area contributed by atoms with E-state index in [1.807, 2.05) is 6.92 Å². The van der Waals surface area contributed by atoms with Gasteiger partial charge in [-0.3, -0.25) is 4.79 Å². The number of halogens is 1. The second-order valence-corrected chi connectivity index (χ2v) is 5.52. The van der Waals surface area contributed by atoms with Crippen molar-refractivity contribution in [3.63, 3.8) is 0 Å². The third kappa shape index (κ3) is 3.24. The van der Waals surface area contributed by atoms with E-state index < -0.39 is 0 Å². The Morgan fingerprint density at radius 1 is 1.39 bits per heavy atom. The van der Waals surface area contributed by atoms with E-state index in [0.717, 1.165) is 6.42 Å². The van der Waals surface area contributed by atoms with E-state index in [1.54, 1.807) is 28.6 Å². The lowest BCUT2D eigenvalue weighted by molar-refractivity contribution is -0.0230. The zero-order chi connectivity index (χ0) is 16.4. The molecule has 7 heteroatoms. The van der Waals surface area contributed by atoms with Crippen molar-refractivity contribution in [2.45, 2.75) is 26.4 Å². The maximum atomic E-state index is 13.0. The monoisotopic (exact) mass is 318 g/mol. The zero-order valence-electron chi connectivity index (χ0n) is 13.2. The molecule has 122 valence electrons. The van der Waals surface area contributed by atoms with E-state index >= 15 is 0 Å². The van der Waals surface area contributed by atoms with E-state index in [-0.39, 0.29) is 23.7 Å². The third-order valence-corrected chi connectivity index (χ3v) is 3.91. The summed E-state index contributed by atoms with van der Waals surface area (Å²) in [4.78, 5) is 18.6. The van der Waals surface area contributed by atoms with E-state index in [0.29, 0.717) is 31.2 Å². The van der Waals surface area contributed by atoms with Crippen LogP contribution < -0.4 is 0 Å². The highest BCUT2D eigenvalue weighted by Gasteiger charge is 2.27. The minimum atomic E-state index is -0.318. The van der Waals surface area contributed by atoms with Crippen molar-refractivity contribution in [1.82, 2.24) is 19.7 Å². The quantitative estimate of drug-likeness (QED) is 0.868. The van der Waals surface area contributed by atoms with Crippen molar-refractivity contribution in [2.24, 2.45) is 0 Å². The molecule has 3 rings (SSSR count). The predicted molar refractivity (Wildman–Crippen MR) is 82.0 cm³/mol. The van der Waals surface area contributed by atoms with Crippen molar-refractivity contribution in [3.05, 3.63) is 41.7 Å². The van der Waals surface area contributed by atoms with Crippen LogP contribution in [0.5, 0.6) is 0 Å². The number of carbonyl (C=O) groups excluding carboxylic acids is 1. The molecule has 0 radical (unpaired) electrons. The number of carbonyl (C=O) groups is 1. The van der Waals surface area contributed by atoms with Crippen LogP contribution in [0.4, 0.5) is 4.39 Å². The van der Waals surface area contributed by atoms with Crippen molar-refractivity contribution < 1.29 is 13.9 Å². The summed E-state index contributed by atoms with van der Waals surface area (Å²) in [6, 6.07) is 5.91. The summed E-state index contributed by atoms with van der Waals surface area (Å²) in [6.45, 7) is 5.42. The lowest BCUT2D eigenvalue weighted by atomic mass is 10.2. The fourth-order valence-electron chi connectivity index (χ4n) is 2.60.